The van der Waals surface area contributed by atoms with Crippen molar-refractivity contribution in [1.29, 1.82) is 0 Å². The van der Waals surface area contributed by atoms with Crippen molar-refractivity contribution in [2.24, 2.45) is 34.8 Å². The lowest BCUT2D eigenvalue weighted by molar-refractivity contribution is -0.149. The standard InChI is InChI=1S/C23H34F2N4O4S/c1-12(2)10-34-18-17(33-29-20(18)32-11-23(24,25)21(31)27-5-4-26)19(30)28-16-14-6-13(3)7-22(8-14)9-15(16)22/h12-16H,4-11,26H2,1-3H3,(H,27,31)(H,28,30). The van der Waals surface area contributed by atoms with Crippen LogP contribution in [-0.4, -0.2) is 54.4 Å². The Kier molecular flexibility index (Phi) is 7.15. The number of hydrogen-bond acceptors (Lipinski definition) is 7. The summed E-state index contributed by atoms with van der Waals surface area (Å²) in [6, 6.07) is 0.102. The highest BCUT2D eigenvalue weighted by atomic mass is 32.2. The summed E-state index contributed by atoms with van der Waals surface area (Å²) in [5.74, 6) is -3.38. The Labute approximate surface area is 202 Å². The van der Waals surface area contributed by atoms with E-state index >= 15 is 0 Å². The first-order valence-corrected chi connectivity index (χ1v) is 13.0. The molecule has 2 amide bonds. The van der Waals surface area contributed by atoms with Crippen LogP contribution in [0.2, 0.25) is 0 Å². The van der Waals surface area contributed by atoms with Crippen molar-refractivity contribution >= 4 is 23.6 Å². The van der Waals surface area contributed by atoms with Crippen LogP contribution in [0.5, 0.6) is 5.88 Å². The van der Waals surface area contributed by atoms with Crippen LogP contribution in [0.25, 0.3) is 0 Å². The van der Waals surface area contributed by atoms with Crippen molar-refractivity contribution in [1.82, 2.24) is 15.8 Å². The highest BCUT2D eigenvalue weighted by Gasteiger charge is 2.67. The Balaban J connectivity index is 1.46. The Morgan fingerprint density at radius 3 is 2.82 bits per heavy atom. The zero-order valence-electron chi connectivity index (χ0n) is 19.9. The van der Waals surface area contributed by atoms with Crippen LogP contribution in [0.3, 0.4) is 0 Å². The lowest BCUT2D eigenvalue weighted by Crippen LogP contribution is -2.45. The fourth-order valence-electron chi connectivity index (χ4n) is 5.80. The number of carbonyl (C=O) groups excluding carboxylic acids is 2. The van der Waals surface area contributed by atoms with Gasteiger partial charge < -0.3 is 25.6 Å². The van der Waals surface area contributed by atoms with E-state index in [4.69, 9.17) is 15.0 Å². The van der Waals surface area contributed by atoms with Gasteiger partial charge in [-0.3, -0.25) is 9.59 Å². The molecule has 1 spiro atoms. The summed E-state index contributed by atoms with van der Waals surface area (Å²) in [6.07, 6.45) is 4.64. The number of carbonyl (C=O) groups is 2. The van der Waals surface area contributed by atoms with Crippen LogP contribution in [0.15, 0.2) is 9.42 Å². The molecule has 4 N–H and O–H groups in total. The summed E-state index contributed by atoms with van der Waals surface area (Å²) >= 11 is 1.27. The molecular formula is C23H34F2N4O4S. The number of thioether (sulfide) groups is 1. The van der Waals surface area contributed by atoms with Crippen LogP contribution in [0.4, 0.5) is 8.78 Å². The summed E-state index contributed by atoms with van der Waals surface area (Å²) in [5.41, 5.74) is 5.63. The van der Waals surface area contributed by atoms with Gasteiger partial charge in [-0.2, -0.15) is 8.78 Å². The molecule has 34 heavy (non-hydrogen) atoms. The Morgan fingerprint density at radius 1 is 1.35 bits per heavy atom. The van der Waals surface area contributed by atoms with E-state index in [1.54, 1.807) is 0 Å². The van der Waals surface area contributed by atoms with Gasteiger partial charge in [-0.05, 0) is 59.9 Å². The van der Waals surface area contributed by atoms with Crippen LogP contribution in [-0.2, 0) is 4.79 Å². The van der Waals surface area contributed by atoms with Crippen molar-refractivity contribution in [2.45, 2.75) is 63.3 Å². The molecule has 0 saturated heterocycles. The number of nitrogens with one attached hydrogen (secondary N) is 2. The van der Waals surface area contributed by atoms with E-state index < -0.39 is 24.3 Å². The first kappa shape index (κ1) is 25.2. The molecule has 3 aliphatic rings. The van der Waals surface area contributed by atoms with E-state index in [1.165, 1.54) is 18.2 Å². The average molecular weight is 501 g/mol. The first-order chi connectivity index (χ1) is 16.1. The molecule has 1 heterocycles. The summed E-state index contributed by atoms with van der Waals surface area (Å²) in [5, 5.41) is 8.97. The van der Waals surface area contributed by atoms with E-state index in [0.29, 0.717) is 28.9 Å². The number of aromatic nitrogens is 1. The summed E-state index contributed by atoms with van der Waals surface area (Å²) < 4.78 is 38.9. The zero-order valence-corrected chi connectivity index (χ0v) is 20.7. The molecule has 4 rings (SSSR count). The maximum Gasteiger partial charge on any atom is 0.357 e. The second kappa shape index (κ2) is 9.64. The third-order valence-electron chi connectivity index (χ3n) is 7.16. The first-order valence-electron chi connectivity index (χ1n) is 12.0. The predicted octanol–water partition coefficient (Wildman–Crippen LogP) is 3.07. The Bertz CT molecular complexity index is 927. The number of ether oxygens (including phenoxy) is 1. The number of hydrogen-bond donors (Lipinski definition) is 3. The number of alkyl halides is 2. The second-order valence-electron chi connectivity index (χ2n) is 10.6. The van der Waals surface area contributed by atoms with Gasteiger partial charge in [-0.1, -0.05) is 20.8 Å². The third kappa shape index (κ3) is 5.05. The molecule has 8 nitrogen and oxygen atoms in total. The topological polar surface area (TPSA) is 119 Å². The minimum absolute atomic E-state index is 0.0271. The quantitative estimate of drug-likeness (QED) is 0.400. The Morgan fingerprint density at radius 2 is 2.12 bits per heavy atom. The van der Waals surface area contributed by atoms with Crippen molar-refractivity contribution < 1.29 is 27.6 Å². The highest BCUT2D eigenvalue weighted by Crippen LogP contribution is 2.71. The molecule has 1 aromatic heterocycles. The zero-order chi connectivity index (χ0) is 24.7. The van der Waals surface area contributed by atoms with Crippen molar-refractivity contribution in [3.8, 4) is 5.88 Å². The summed E-state index contributed by atoms with van der Waals surface area (Å²) in [4.78, 5) is 25.2. The Hall–Kier alpha value is -1.88. The molecule has 0 aromatic carbocycles. The van der Waals surface area contributed by atoms with E-state index in [9.17, 15) is 18.4 Å². The van der Waals surface area contributed by atoms with Gasteiger partial charge in [0.2, 0.25) is 5.76 Å². The molecule has 190 valence electrons. The molecule has 3 aliphatic carbocycles. The van der Waals surface area contributed by atoms with Crippen molar-refractivity contribution in [3.05, 3.63) is 5.76 Å². The number of rotatable bonds is 11. The highest BCUT2D eigenvalue weighted by molar-refractivity contribution is 7.99. The predicted molar refractivity (Wildman–Crippen MR) is 123 cm³/mol. The number of nitrogens with two attached hydrogens (primary N) is 1. The van der Waals surface area contributed by atoms with E-state index in [2.05, 4.69) is 17.4 Å². The molecule has 1 aromatic rings. The monoisotopic (exact) mass is 500 g/mol. The van der Waals surface area contributed by atoms with Gasteiger partial charge in [-0.25, -0.2) is 0 Å². The van der Waals surface area contributed by atoms with Gasteiger partial charge in [-0.15, -0.1) is 11.8 Å². The molecule has 0 aliphatic heterocycles. The summed E-state index contributed by atoms with van der Waals surface area (Å²) in [6.45, 7) is 5.04. The lowest BCUT2D eigenvalue weighted by Gasteiger charge is -2.31. The van der Waals surface area contributed by atoms with Gasteiger partial charge in [0.1, 0.15) is 4.90 Å². The fraction of sp³-hybridized carbons (Fsp3) is 0.783. The van der Waals surface area contributed by atoms with Gasteiger partial charge in [0.15, 0.2) is 6.61 Å². The van der Waals surface area contributed by atoms with Crippen molar-refractivity contribution in [2.75, 3.05) is 25.4 Å². The minimum Gasteiger partial charge on any atom is -0.468 e. The largest absolute Gasteiger partial charge is 0.468 e. The maximum atomic E-state index is 14.2. The molecule has 11 heteroatoms. The number of halogens is 2. The summed E-state index contributed by atoms with van der Waals surface area (Å²) in [7, 11) is 0. The third-order valence-corrected chi connectivity index (χ3v) is 8.64. The average Bonchev–Trinajstić information content (AvgIpc) is 3.18. The molecule has 5 unspecified atom stereocenters. The van der Waals surface area contributed by atoms with Gasteiger partial charge in [0.05, 0.1) is 0 Å². The minimum atomic E-state index is -3.78. The fourth-order valence-corrected chi connectivity index (χ4v) is 6.78. The molecule has 5 atom stereocenters. The smallest absolute Gasteiger partial charge is 0.357 e. The normalized spacial score (nSPS) is 29.6. The van der Waals surface area contributed by atoms with E-state index in [-0.39, 0.29) is 41.6 Å². The molecule has 0 radical (unpaired) electrons. The number of amides is 2. The van der Waals surface area contributed by atoms with Crippen LogP contribution in [0.1, 0.15) is 57.0 Å². The van der Waals surface area contributed by atoms with Crippen LogP contribution < -0.4 is 21.1 Å². The second-order valence-corrected chi connectivity index (χ2v) is 11.6. The SMILES string of the molecule is CC(C)CSc1c(OCC(F)(F)C(=O)NCCN)noc1C(=O)NC1C2CC(C)CC3(C2)CC13. The van der Waals surface area contributed by atoms with Gasteiger partial charge in [0, 0.05) is 24.9 Å². The van der Waals surface area contributed by atoms with Gasteiger partial charge in [0.25, 0.3) is 17.7 Å². The molecular weight excluding hydrogens is 466 g/mol. The van der Waals surface area contributed by atoms with Crippen molar-refractivity contribution in [3.63, 3.8) is 0 Å². The molecule has 2 bridgehead atoms. The molecule has 3 saturated carbocycles. The number of nitrogens with zero attached hydrogens (tertiary/aromatic N) is 1. The van der Waals surface area contributed by atoms with E-state index in [1.807, 2.05) is 19.2 Å². The molecule has 3 fully saturated rings. The van der Waals surface area contributed by atoms with E-state index in [0.717, 1.165) is 19.3 Å². The lowest BCUT2D eigenvalue weighted by atomic mass is 9.77. The van der Waals surface area contributed by atoms with Crippen LogP contribution in [0, 0.1) is 29.1 Å². The maximum absolute atomic E-state index is 14.2. The van der Waals surface area contributed by atoms with Crippen LogP contribution >= 0.6 is 11.8 Å². The number of fused-ring (bicyclic) bond motifs is 1. The van der Waals surface area contributed by atoms with Gasteiger partial charge >= 0.3 is 5.92 Å².